The zero-order valence-corrected chi connectivity index (χ0v) is 12.6. The van der Waals surface area contributed by atoms with Gasteiger partial charge >= 0.3 is 5.97 Å². The smallest absolute Gasteiger partial charge is 0.356 e. The van der Waals surface area contributed by atoms with E-state index in [1.165, 1.54) is 7.11 Å². The lowest BCUT2D eigenvalue weighted by Gasteiger charge is -2.11. The lowest BCUT2D eigenvalue weighted by atomic mass is 10.3. The summed E-state index contributed by atoms with van der Waals surface area (Å²) in [6.45, 7) is 1.76. The Morgan fingerprint density at radius 1 is 1.24 bits per heavy atom. The SMILES string of the molecule is COC(=O)c1cc(C)nc(Nc2cc(Cl)ccc2OC)n1. The van der Waals surface area contributed by atoms with Crippen molar-refractivity contribution in [1.82, 2.24) is 9.97 Å². The fourth-order valence-electron chi connectivity index (χ4n) is 1.73. The van der Waals surface area contributed by atoms with Gasteiger partial charge in [-0.15, -0.1) is 0 Å². The molecule has 1 aromatic heterocycles. The Morgan fingerprint density at radius 2 is 2.00 bits per heavy atom. The molecule has 1 heterocycles. The quantitative estimate of drug-likeness (QED) is 0.875. The number of aryl methyl sites for hydroxylation is 1. The number of anilines is 2. The molecule has 1 N–H and O–H groups in total. The first-order valence-electron chi connectivity index (χ1n) is 6.08. The van der Waals surface area contributed by atoms with E-state index < -0.39 is 5.97 Å². The van der Waals surface area contributed by atoms with Crippen molar-refractivity contribution >= 4 is 29.2 Å². The maximum atomic E-state index is 11.6. The number of esters is 1. The van der Waals surface area contributed by atoms with E-state index in [0.717, 1.165) is 0 Å². The topological polar surface area (TPSA) is 73.3 Å². The van der Waals surface area contributed by atoms with Gasteiger partial charge in [-0.2, -0.15) is 0 Å². The first kappa shape index (κ1) is 15.1. The normalized spacial score (nSPS) is 10.1. The lowest BCUT2D eigenvalue weighted by molar-refractivity contribution is 0.0594. The van der Waals surface area contributed by atoms with Gasteiger partial charge in [-0.3, -0.25) is 0 Å². The number of hydrogen-bond acceptors (Lipinski definition) is 6. The Balaban J connectivity index is 2.37. The average Bonchev–Trinajstić information content (AvgIpc) is 2.46. The van der Waals surface area contributed by atoms with Gasteiger partial charge in [0, 0.05) is 10.7 Å². The molecule has 0 bridgehead atoms. The largest absolute Gasteiger partial charge is 0.495 e. The van der Waals surface area contributed by atoms with Gasteiger partial charge in [-0.1, -0.05) is 11.6 Å². The van der Waals surface area contributed by atoms with Gasteiger partial charge in [-0.05, 0) is 31.2 Å². The molecule has 1 aromatic carbocycles. The number of benzene rings is 1. The van der Waals surface area contributed by atoms with E-state index in [1.807, 2.05) is 0 Å². The minimum Gasteiger partial charge on any atom is -0.495 e. The van der Waals surface area contributed by atoms with Gasteiger partial charge < -0.3 is 14.8 Å². The van der Waals surface area contributed by atoms with Crippen molar-refractivity contribution in [2.24, 2.45) is 0 Å². The Morgan fingerprint density at radius 3 is 2.67 bits per heavy atom. The molecule has 2 rings (SSSR count). The highest BCUT2D eigenvalue weighted by atomic mass is 35.5. The highest BCUT2D eigenvalue weighted by molar-refractivity contribution is 6.31. The first-order chi connectivity index (χ1) is 10.0. The van der Waals surface area contributed by atoms with Gasteiger partial charge in [0.1, 0.15) is 5.75 Å². The van der Waals surface area contributed by atoms with Crippen LogP contribution in [0.1, 0.15) is 16.2 Å². The maximum Gasteiger partial charge on any atom is 0.356 e. The van der Waals surface area contributed by atoms with E-state index in [4.69, 9.17) is 16.3 Å². The van der Waals surface area contributed by atoms with Crippen molar-refractivity contribution in [2.45, 2.75) is 6.92 Å². The number of hydrogen-bond donors (Lipinski definition) is 1. The summed E-state index contributed by atoms with van der Waals surface area (Å²) in [5.41, 5.74) is 1.41. The number of aromatic nitrogens is 2. The van der Waals surface area contributed by atoms with Crippen LogP contribution in [0.15, 0.2) is 24.3 Å². The molecule has 0 saturated carbocycles. The van der Waals surface area contributed by atoms with E-state index >= 15 is 0 Å². The lowest BCUT2D eigenvalue weighted by Crippen LogP contribution is -2.09. The molecule has 0 saturated heterocycles. The summed E-state index contributed by atoms with van der Waals surface area (Å²) in [5, 5.41) is 3.53. The summed E-state index contributed by atoms with van der Waals surface area (Å²) in [5.74, 6) is 0.321. The number of halogens is 1. The van der Waals surface area contributed by atoms with Crippen molar-refractivity contribution in [3.8, 4) is 5.75 Å². The minimum atomic E-state index is -0.526. The predicted octanol–water partition coefficient (Wildman–Crippen LogP) is 2.98. The molecule has 0 atom stereocenters. The number of rotatable bonds is 4. The zero-order valence-electron chi connectivity index (χ0n) is 11.8. The van der Waals surface area contributed by atoms with E-state index in [1.54, 1.807) is 38.3 Å². The zero-order chi connectivity index (χ0) is 15.4. The molecule has 0 aliphatic carbocycles. The van der Waals surface area contributed by atoms with Crippen LogP contribution < -0.4 is 10.1 Å². The average molecular weight is 308 g/mol. The Hall–Kier alpha value is -2.34. The highest BCUT2D eigenvalue weighted by Crippen LogP contribution is 2.29. The number of nitrogens with one attached hydrogen (secondary N) is 1. The molecule has 0 fully saturated rings. The Labute approximate surface area is 127 Å². The molecule has 110 valence electrons. The van der Waals surface area contributed by atoms with E-state index in [0.29, 0.717) is 22.2 Å². The summed E-state index contributed by atoms with van der Waals surface area (Å²) in [7, 11) is 2.85. The van der Waals surface area contributed by atoms with Crippen LogP contribution in [0.25, 0.3) is 0 Å². The van der Waals surface area contributed by atoms with Crippen LogP contribution in [0.4, 0.5) is 11.6 Å². The summed E-state index contributed by atoms with van der Waals surface area (Å²) in [4.78, 5) is 19.9. The monoisotopic (exact) mass is 307 g/mol. The molecule has 0 spiro atoms. The van der Waals surface area contributed by atoms with Crippen LogP contribution in [-0.2, 0) is 4.74 Å². The predicted molar refractivity (Wildman–Crippen MR) is 79.4 cm³/mol. The van der Waals surface area contributed by atoms with Crippen LogP contribution in [0.2, 0.25) is 5.02 Å². The fraction of sp³-hybridized carbons (Fsp3) is 0.214. The maximum absolute atomic E-state index is 11.6. The number of carbonyl (C=O) groups is 1. The summed E-state index contributed by atoms with van der Waals surface area (Å²) in [6.07, 6.45) is 0. The molecular formula is C14H14ClN3O3. The fourth-order valence-corrected chi connectivity index (χ4v) is 1.90. The van der Waals surface area contributed by atoms with Gasteiger partial charge in [0.25, 0.3) is 0 Å². The van der Waals surface area contributed by atoms with Crippen molar-refractivity contribution in [1.29, 1.82) is 0 Å². The summed E-state index contributed by atoms with van der Waals surface area (Å²) < 4.78 is 9.89. The first-order valence-corrected chi connectivity index (χ1v) is 6.46. The minimum absolute atomic E-state index is 0.175. The third-order valence-corrected chi connectivity index (χ3v) is 2.89. The van der Waals surface area contributed by atoms with Gasteiger partial charge in [0.05, 0.1) is 19.9 Å². The molecule has 0 aliphatic heterocycles. The van der Waals surface area contributed by atoms with Crippen LogP contribution in [0.3, 0.4) is 0 Å². The van der Waals surface area contributed by atoms with E-state index in [2.05, 4.69) is 20.0 Å². The number of methoxy groups -OCH3 is 2. The second-order valence-electron chi connectivity index (χ2n) is 4.18. The van der Waals surface area contributed by atoms with Crippen LogP contribution in [0, 0.1) is 6.92 Å². The molecule has 0 radical (unpaired) electrons. The van der Waals surface area contributed by atoms with Gasteiger partial charge in [-0.25, -0.2) is 14.8 Å². The molecular weight excluding hydrogens is 294 g/mol. The number of ether oxygens (including phenoxy) is 2. The standard InChI is InChI=1S/C14H14ClN3O3/c1-8-6-11(13(19)21-3)18-14(16-8)17-10-7-9(15)4-5-12(10)20-2/h4-7H,1-3H3,(H,16,17,18). The molecule has 0 unspecified atom stereocenters. The summed E-state index contributed by atoms with van der Waals surface area (Å²) in [6, 6.07) is 6.67. The second-order valence-corrected chi connectivity index (χ2v) is 4.62. The number of nitrogens with zero attached hydrogens (tertiary/aromatic N) is 2. The molecule has 7 heteroatoms. The van der Waals surface area contributed by atoms with Gasteiger partial charge in [0.2, 0.25) is 5.95 Å². The van der Waals surface area contributed by atoms with Crippen LogP contribution >= 0.6 is 11.6 Å². The highest BCUT2D eigenvalue weighted by Gasteiger charge is 2.12. The molecule has 2 aromatic rings. The summed E-state index contributed by atoms with van der Waals surface area (Å²) >= 11 is 5.96. The molecule has 0 aliphatic rings. The third kappa shape index (κ3) is 3.61. The van der Waals surface area contributed by atoms with Crippen LogP contribution in [0.5, 0.6) is 5.75 Å². The molecule has 6 nitrogen and oxygen atoms in total. The van der Waals surface area contributed by atoms with Crippen molar-refractivity contribution in [2.75, 3.05) is 19.5 Å². The number of carbonyl (C=O) groups excluding carboxylic acids is 1. The molecule has 21 heavy (non-hydrogen) atoms. The van der Waals surface area contributed by atoms with E-state index in [-0.39, 0.29) is 11.6 Å². The molecule has 0 amide bonds. The second kappa shape index (κ2) is 6.41. The third-order valence-electron chi connectivity index (χ3n) is 2.66. The van der Waals surface area contributed by atoms with Crippen molar-refractivity contribution in [3.05, 3.63) is 40.7 Å². The van der Waals surface area contributed by atoms with Crippen molar-refractivity contribution in [3.63, 3.8) is 0 Å². The van der Waals surface area contributed by atoms with Crippen LogP contribution in [-0.4, -0.2) is 30.2 Å². The van der Waals surface area contributed by atoms with Crippen molar-refractivity contribution < 1.29 is 14.3 Å². The Kier molecular flexibility index (Phi) is 4.59. The van der Waals surface area contributed by atoms with E-state index in [9.17, 15) is 4.79 Å². The Bertz CT molecular complexity index is 677. The van der Waals surface area contributed by atoms with Gasteiger partial charge in [0.15, 0.2) is 5.69 Å².